The van der Waals surface area contributed by atoms with E-state index in [1.165, 1.54) is 16.2 Å². The number of nitriles is 1. The number of halogens is 1. The summed E-state index contributed by atoms with van der Waals surface area (Å²) in [5.41, 5.74) is 0. The second-order valence-corrected chi connectivity index (χ2v) is 5.03. The summed E-state index contributed by atoms with van der Waals surface area (Å²) in [6, 6.07) is 8.16. The van der Waals surface area contributed by atoms with Gasteiger partial charge in [-0.15, -0.1) is 23.1 Å². The first-order valence-corrected chi connectivity index (χ1v) is 6.34. The summed E-state index contributed by atoms with van der Waals surface area (Å²) in [6.45, 7) is 0. The van der Waals surface area contributed by atoms with E-state index in [1.807, 2.05) is 18.4 Å². The molecule has 2 aromatic rings. The molecule has 1 aromatic carbocycles. The summed E-state index contributed by atoms with van der Waals surface area (Å²) in [5, 5.41) is 10.4. The summed E-state index contributed by atoms with van der Waals surface area (Å²) in [5.74, 6) is 0. The molecule has 14 heavy (non-hydrogen) atoms. The lowest BCUT2D eigenvalue weighted by Crippen LogP contribution is -1.68. The van der Waals surface area contributed by atoms with Gasteiger partial charge >= 0.3 is 0 Å². The SMILES string of the molecule is CSc1ccc2c(Cl)c(C#N)sc2c1. The first-order valence-electron chi connectivity index (χ1n) is 3.92. The van der Waals surface area contributed by atoms with Gasteiger partial charge < -0.3 is 0 Å². The molecule has 0 amide bonds. The van der Waals surface area contributed by atoms with Gasteiger partial charge in [0.05, 0.1) is 5.02 Å². The quantitative estimate of drug-likeness (QED) is 0.698. The third kappa shape index (κ3) is 1.50. The van der Waals surface area contributed by atoms with Gasteiger partial charge in [0.1, 0.15) is 10.9 Å². The first-order chi connectivity index (χ1) is 6.76. The Balaban J connectivity index is 2.74. The first kappa shape index (κ1) is 9.85. The van der Waals surface area contributed by atoms with Crippen LogP contribution in [0.25, 0.3) is 10.1 Å². The minimum Gasteiger partial charge on any atom is -0.191 e. The Kier molecular flexibility index (Phi) is 2.69. The van der Waals surface area contributed by atoms with E-state index in [-0.39, 0.29) is 0 Å². The molecule has 1 nitrogen and oxygen atoms in total. The van der Waals surface area contributed by atoms with E-state index in [2.05, 4.69) is 12.1 Å². The Bertz CT molecular complexity index is 525. The number of hydrogen-bond acceptors (Lipinski definition) is 3. The maximum absolute atomic E-state index is 8.82. The van der Waals surface area contributed by atoms with Crippen LogP contribution in [0.5, 0.6) is 0 Å². The molecule has 0 radical (unpaired) electrons. The molecule has 0 N–H and O–H groups in total. The molecular formula is C10H6ClNS2. The molecule has 0 fully saturated rings. The van der Waals surface area contributed by atoms with Crippen LogP contribution < -0.4 is 0 Å². The highest BCUT2D eigenvalue weighted by Gasteiger charge is 2.09. The number of thioether (sulfide) groups is 1. The Hall–Kier alpha value is -0.690. The van der Waals surface area contributed by atoms with Gasteiger partial charge in [-0.2, -0.15) is 5.26 Å². The highest BCUT2D eigenvalue weighted by Crippen LogP contribution is 2.36. The summed E-state index contributed by atoms with van der Waals surface area (Å²) >= 11 is 9.17. The van der Waals surface area contributed by atoms with Crippen LogP contribution in [0.15, 0.2) is 23.1 Å². The molecule has 0 aliphatic carbocycles. The monoisotopic (exact) mass is 239 g/mol. The lowest BCUT2D eigenvalue weighted by atomic mass is 10.2. The summed E-state index contributed by atoms with van der Waals surface area (Å²) < 4.78 is 1.08. The smallest absolute Gasteiger partial charge is 0.124 e. The molecule has 0 bridgehead atoms. The predicted octanol–water partition coefficient (Wildman–Crippen LogP) is 4.15. The van der Waals surface area contributed by atoms with Crippen molar-refractivity contribution < 1.29 is 0 Å². The molecule has 0 unspecified atom stereocenters. The van der Waals surface area contributed by atoms with Crippen molar-refractivity contribution in [1.29, 1.82) is 5.26 Å². The molecule has 2 rings (SSSR count). The van der Waals surface area contributed by atoms with Gasteiger partial charge in [0.2, 0.25) is 0 Å². The summed E-state index contributed by atoms with van der Waals surface area (Å²) in [7, 11) is 0. The summed E-state index contributed by atoms with van der Waals surface area (Å²) in [6.07, 6.45) is 2.03. The van der Waals surface area contributed by atoms with Crippen molar-refractivity contribution in [3.05, 3.63) is 28.1 Å². The highest BCUT2D eigenvalue weighted by molar-refractivity contribution is 7.98. The fourth-order valence-corrected chi connectivity index (χ4v) is 3.07. The minimum atomic E-state index is 0.583. The standard InChI is InChI=1S/C10H6ClNS2/c1-13-6-2-3-7-8(4-6)14-9(5-12)10(7)11/h2-4H,1H3. The van der Waals surface area contributed by atoms with Gasteiger partial charge in [-0.05, 0) is 18.4 Å². The van der Waals surface area contributed by atoms with E-state index in [0.29, 0.717) is 9.90 Å². The van der Waals surface area contributed by atoms with Gasteiger partial charge in [0, 0.05) is 15.0 Å². The largest absolute Gasteiger partial charge is 0.191 e. The van der Waals surface area contributed by atoms with Crippen molar-refractivity contribution >= 4 is 44.8 Å². The second-order valence-electron chi connectivity index (χ2n) is 2.72. The van der Waals surface area contributed by atoms with Gasteiger partial charge in [0.25, 0.3) is 0 Å². The molecule has 70 valence electrons. The fraction of sp³-hybridized carbons (Fsp3) is 0.100. The Morgan fingerprint density at radius 3 is 2.93 bits per heavy atom. The van der Waals surface area contributed by atoms with Gasteiger partial charge in [-0.3, -0.25) is 0 Å². The second kappa shape index (κ2) is 3.82. The van der Waals surface area contributed by atoms with Crippen molar-refractivity contribution in [3.8, 4) is 6.07 Å². The lowest BCUT2D eigenvalue weighted by Gasteiger charge is -1.94. The van der Waals surface area contributed by atoms with Crippen molar-refractivity contribution in [3.63, 3.8) is 0 Å². The van der Waals surface area contributed by atoms with E-state index in [1.54, 1.807) is 11.8 Å². The number of fused-ring (bicyclic) bond motifs is 1. The zero-order valence-corrected chi connectivity index (χ0v) is 9.76. The van der Waals surface area contributed by atoms with E-state index >= 15 is 0 Å². The number of benzene rings is 1. The molecule has 4 heteroatoms. The minimum absolute atomic E-state index is 0.583. The molecule has 0 atom stereocenters. The zero-order chi connectivity index (χ0) is 10.1. The Morgan fingerprint density at radius 2 is 2.29 bits per heavy atom. The van der Waals surface area contributed by atoms with Crippen LogP contribution >= 0.6 is 34.7 Å². The number of thiophene rings is 1. The molecule has 1 aromatic heterocycles. The average molecular weight is 240 g/mol. The van der Waals surface area contributed by atoms with Gasteiger partial charge in [0.15, 0.2) is 0 Å². The van der Waals surface area contributed by atoms with Crippen LogP contribution in [0.3, 0.4) is 0 Å². The molecule has 1 heterocycles. The molecule has 0 aliphatic heterocycles. The molecule has 0 saturated carbocycles. The maximum Gasteiger partial charge on any atom is 0.124 e. The Labute approximate surface area is 95.3 Å². The predicted molar refractivity (Wildman–Crippen MR) is 63.3 cm³/mol. The van der Waals surface area contributed by atoms with Gasteiger partial charge in [-0.25, -0.2) is 0 Å². The van der Waals surface area contributed by atoms with Crippen LogP contribution in [0.1, 0.15) is 4.88 Å². The van der Waals surface area contributed by atoms with Crippen LogP contribution in [-0.2, 0) is 0 Å². The van der Waals surface area contributed by atoms with Crippen molar-refractivity contribution in [2.24, 2.45) is 0 Å². The van der Waals surface area contributed by atoms with E-state index < -0.39 is 0 Å². The molecule has 0 aliphatic rings. The maximum atomic E-state index is 8.82. The van der Waals surface area contributed by atoms with Crippen LogP contribution in [-0.4, -0.2) is 6.26 Å². The van der Waals surface area contributed by atoms with Crippen molar-refractivity contribution in [2.75, 3.05) is 6.26 Å². The van der Waals surface area contributed by atoms with E-state index in [4.69, 9.17) is 16.9 Å². The van der Waals surface area contributed by atoms with Gasteiger partial charge in [-0.1, -0.05) is 17.7 Å². The summed E-state index contributed by atoms with van der Waals surface area (Å²) in [4.78, 5) is 1.79. The van der Waals surface area contributed by atoms with Crippen LogP contribution in [0, 0.1) is 11.3 Å². The molecular weight excluding hydrogens is 234 g/mol. The third-order valence-electron chi connectivity index (χ3n) is 1.94. The van der Waals surface area contributed by atoms with Crippen molar-refractivity contribution in [2.45, 2.75) is 4.90 Å². The van der Waals surface area contributed by atoms with Crippen LogP contribution in [0.4, 0.5) is 0 Å². The van der Waals surface area contributed by atoms with E-state index in [0.717, 1.165) is 10.1 Å². The normalized spacial score (nSPS) is 10.4. The topological polar surface area (TPSA) is 23.8 Å². The number of nitrogens with zero attached hydrogens (tertiary/aromatic N) is 1. The van der Waals surface area contributed by atoms with Crippen molar-refractivity contribution in [1.82, 2.24) is 0 Å². The van der Waals surface area contributed by atoms with E-state index in [9.17, 15) is 0 Å². The number of hydrogen-bond donors (Lipinski definition) is 0. The number of rotatable bonds is 1. The average Bonchev–Trinajstić information content (AvgIpc) is 2.55. The lowest BCUT2D eigenvalue weighted by molar-refractivity contribution is 1.52. The third-order valence-corrected chi connectivity index (χ3v) is 4.23. The Morgan fingerprint density at radius 1 is 1.50 bits per heavy atom. The molecule has 0 saturated heterocycles. The highest BCUT2D eigenvalue weighted by atomic mass is 35.5. The molecule has 0 spiro atoms. The fourth-order valence-electron chi connectivity index (χ4n) is 1.24. The zero-order valence-electron chi connectivity index (χ0n) is 7.37. The van der Waals surface area contributed by atoms with Crippen LogP contribution in [0.2, 0.25) is 5.02 Å².